The molecule has 0 saturated carbocycles. The van der Waals surface area contributed by atoms with Crippen LogP contribution in [0.15, 0.2) is 12.4 Å². The van der Waals surface area contributed by atoms with Crippen molar-refractivity contribution in [2.45, 2.75) is 38.3 Å². The van der Waals surface area contributed by atoms with E-state index in [1.165, 1.54) is 0 Å². The van der Waals surface area contributed by atoms with Crippen LogP contribution < -0.4 is 5.32 Å². The van der Waals surface area contributed by atoms with Crippen molar-refractivity contribution in [3.63, 3.8) is 0 Å². The Labute approximate surface area is 120 Å². The number of nitrogens with zero attached hydrogens (tertiary/aromatic N) is 3. The first-order valence-electron chi connectivity index (χ1n) is 6.96. The smallest absolute Gasteiger partial charge is 0.323 e. The molecule has 1 heterocycles. The lowest BCUT2D eigenvalue weighted by Gasteiger charge is -2.24. The number of hydrogen-bond acceptors (Lipinski definition) is 4. The first kappa shape index (κ1) is 16.7. The topological polar surface area (TPSA) is 70.4 Å². The third-order valence-electron chi connectivity index (χ3n) is 3.82. The summed E-state index contributed by atoms with van der Waals surface area (Å²) < 4.78 is 2.01. The highest BCUT2D eigenvalue weighted by molar-refractivity contribution is 5.78. The molecule has 0 spiro atoms. The lowest BCUT2D eigenvalue weighted by molar-refractivity contribution is -0.144. The van der Waals surface area contributed by atoms with Gasteiger partial charge in [-0.3, -0.25) is 9.69 Å². The van der Waals surface area contributed by atoms with E-state index in [2.05, 4.69) is 22.2 Å². The van der Waals surface area contributed by atoms with Crippen LogP contribution >= 0.6 is 0 Å². The fourth-order valence-electron chi connectivity index (χ4n) is 2.07. The Bertz CT molecular complexity index is 433. The van der Waals surface area contributed by atoms with Crippen molar-refractivity contribution in [1.82, 2.24) is 19.8 Å². The molecule has 0 aliphatic rings. The van der Waals surface area contributed by atoms with Crippen molar-refractivity contribution < 1.29 is 9.90 Å². The first-order chi connectivity index (χ1) is 9.39. The molecule has 1 aromatic heterocycles. The third-order valence-corrected chi connectivity index (χ3v) is 3.82. The fourth-order valence-corrected chi connectivity index (χ4v) is 2.07. The van der Waals surface area contributed by atoms with Crippen LogP contribution in [0, 0.1) is 0 Å². The standard InChI is InChI=1S/C14H26N4O2/c1-14(15-2,13(19)20)7-5-6-9-17(3)11-12-16-8-10-18(12)4/h8,10,15H,5-7,9,11H2,1-4H3,(H,19,20). The maximum absolute atomic E-state index is 11.1. The third kappa shape index (κ3) is 4.61. The number of carboxylic acids is 1. The van der Waals surface area contributed by atoms with Gasteiger partial charge in [-0.25, -0.2) is 4.98 Å². The molecule has 20 heavy (non-hydrogen) atoms. The zero-order valence-electron chi connectivity index (χ0n) is 12.9. The van der Waals surface area contributed by atoms with Crippen molar-refractivity contribution in [1.29, 1.82) is 0 Å². The maximum Gasteiger partial charge on any atom is 0.323 e. The van der Waals surface area contributed by atoms with E-state index in [0.717, 1.165) is 31.8 Å². The van der Waals surface area contributed by atoms with Crippen LogP contribution in [0.25, 0.3) is 0 Å². The van der Waals surface area contributed by atoms with Crippen LogP contribution in [0.3, 0.4) is 0 Å². The lowest BCUT2D eigenvalue weighted by Crippen LogP contribution is -2.47. The van der Waals surface area contributed by atoms with Gasteiger partial charge in [-0.2, -0.15) is 0 Å². The van der Waals surface area contributed by atoms with E-state index >= 15 is 0 Å². The Morgan fingerprint density at radius 2 is 2.25 bits per heavy atom. The largest absolute Gasteiger partial charge is 0.480 e. The number of aliphatic carboxylic acids is 1. The second-order valence-electron chi connectivity index (χ2n) is 5.54. The second kappa shape index (κ2) is 7.40. The number of carboxylic acid groups (broad SMARTS) is 1. The Hall–Kier alpha value is -1.40. The zero-order chi connectivity index (χ0) is 15.2. The number of imidazole rings is 1. The summed E-state index contributed by atoms with van der Waals surface area (Å²) in [6.07, 6.45) is 6.23. The van der Waals surface area contributed by atoms with Crippen LogP contribution in [0.5, 0.6) is 0 Å². The quantitative estimate of drug-likeness (QED) is 0.663. The monoisotopic (exact) mass is 282 g/mol. The fraction of sp³-hybridized carbons (Fsp3) is 0.714. The lowest BCUT2D eigenvalue weighted by atomic mass is 9.95. The summed E-state index contributed by atoms with van der Waals surface area (Å²) in [6, 6.07) is 0. The highest BCUT2D eigenvalue weighted by atomic mass is 16.4. The number of rotatable bonds is 9. The molecule has 0 aliphatic heterocycles. The van der Waals surface area contributed by atoms with E-state index in [4.69, 9.17) is 5.11 Å². The molecule has 2 N–H and O–H groups in total. The molecule has 1 unspecified atom stereocenters. The summed E-state index contributed by atoms with van der Waals surface area (Å²) in [7, 11) is 5.74. The van der Waals surface area contributed by atoms with Crippen molar-refractivity contribution in [3.05, 3.63) is 18.2 Å². The molecular formula is C14H26N4O2. The second-order valence-corrected chi connectivity index (χ2v) is 5.54. The number of hydrogen-bond donors (Lipinski definition) is 2. The summed E-state index contributed by atoms with van der Waals surface area (Å²) in [6.45, 7) is 3.48. The van der Waals surface area contributed by atoms with Gasteiger partial charge in [0.2, 0.25) is 0 Å². The van der Waals surface area contributed by atoms with Crippen LogP contribution in [0.2, 0.25) is 0 Å². The summed E-state index contributed by atoms with van der Waals surface area (Å²) in [4.78, 5) is 17.6. The summed E-state index contributed by atoms with van der Waals surface area (Å²) >= 11 is 0. The average Bonchev–Trinajstić information content (AvgIpc) is 2.79. The van der Waals surface area contributed by atoms with Gasteiger partial charge in [0.1, 0.15) is 11.4 Å². The zero-order valence-corrected chi connectivity index (χ0v) is 12.9. The highest BCUT2D eigenvalue weighted by Crippen LogP contribution is 2.14. The van der Waals surface area contributed by atoms with Crippen LogP contribution in [-0.2, 0) is 18.4 Å². The normalized spacial score (nSPS) is 14.4. The molecule has 0 aliphatic carbocycles. The Kier molecular flexibility index (Phi) is 6.16. The van der Waals surface area contributed by atoms with E-state index in [0.29, 0.717) is 6.42 Å². The number of aromatic nitrogens is 2. The SMILES string of the molecule is CNC(C)(CCCCN(C)Cc1nccn1C)C(=O)O. The van der Waals surface area contributed by atoms with Gasteiger partial charge in [0.15, 0.2) is 0 Å². The van der Waals surface area contributed by atoms with Gasteiger partial charge < -0.3 is 15.0 Å². The molecule has 0 saturated heterocycles. The number of aryl methyl sites for hydroxylation is 1. The van der Waals surface area contributed by atoms with E-state index in [1.807, 2.05) is 17.8 Å². The predicted octanol–water partition coefficient (Wildman–Crippen LogP) is 1.08. The highest BCUT2D eigenvalue weighted by Gasteiger charge is 2.30. The van der Waals surface area contributed by atoms with Crippen molar-refractivity contribution in [3.8, 4) is 0 Å². The molecule has 114 valence electrons. The van der Waals surface area contributed by atoms with E-state index < -0.39 is 11.5 Å². The number of unbranched alkanes of at least 4 members (excludes halogenated alkanes) is 1. The van der Waals surface area contributed by atoms with Crippen molar-refractivity contribution in [2.75, 3.05) is 20.6 Å². The summed E-state index contributed by atoms with van der Waals surface area (Å²) in [5.74, 6) is 0.250. The van der Waals surface area contributed by atoms with Gasteiger partial charge in [-0.15, -0.1) is 0 Å². The number of nitrogens with one attached hydrogen (secondary N) is 1. The van der Waals surface area contributed by atoms with E-state index in [-0.39, 0.29) is 0 Å². The molecule has 6 nitrogen and oxygen atoms in total. The van der Waals surface area contributed by atoms with Gasteiger partial charge >= 0.3 is 5.97 Å². The van der Waals surface area contributed by atoms with Crippen LogP contribution in [0.4, 0.5) is 0 Å². The molecule has 6 heteroatoms. The minimum absolute atomic E-state index is 0.634. The minimum atomic E-state index is -0.821. The van der Waals surface area contributed by atoms with Gasteiger partial charge in [0, 0.05) is 19.4 Å². The molecule has 0 aromatic carbocycles. The average molecular weight is 282 g/mol. The van der Waals surface area contributed by atoms with Crippen LogP contribution in [-0.4, -0.2) is 51.7 Å². The maximum atomic E-state index is 11.1. The van der Waals surface area contributed by atoms with E-state index in [9.17, 15) is 4.79 Å². The molecule has 1 atom stereocenters. The van der Waals surface area contributed by atoms with Gasteiger partial charge in [-0.1, -0.05) is 0 Å². The molecule has 0 fully saturated rings. The van der Waals surface area contributed by atoms with Gasteiger partial charge in [0.05, 0.1) is 6.54 Å². The van der Waals surface area contributed by atoms with Gasteiger partial charge in [0.25, 0.3) is 0 Å². The summed E-state index contributed by atoms with van der Waals surface area (Å²) in [5, 5.41) is 12.0. The summed E-state index contributed by atoms with van der Waals surface area (Å²) in [5.41, 5.74) is -0.821. The Morgan fingerprint density at radius 3 is 2.75 bits per heavy atom. The Morgan fingerprint density at radius 1 is 1.55 bits per heavy atom. The molecule has 1 rings (SSSR count). The van der Waals surface area contributed by atoms with Crippen LogP contribution in [0.1, 0.15) is 32.0 Å². The minimum Gasteiger partial charge on any atom is -0.480 e. The first-order valence-corrected chi connectivity index (χ1v) is 6.96. The molecule has 0 amide bonds. The van der Waals surface area contributed by atoms with Gasteiger partial charge in [-0.05, 0) is 46.8 Å². The number of carbonyl (C=O) groups is 1. The molecule has 0 radical (unpaired) electrons. The molecular weight excluding hydrogens is 256 g/mol. The van der Waals surface area contributed by atoms with Crippen molar-refractivity contribution >= 4 is 5.97 Å². The predicted molar refractivity (Wildman–Crippen MR) is 78.5 cm³/mol. The molecule has 0 bridgehead atoms. The molecule has 1 aromatic rings. The van der Waals surface area contributed by atoms with Crippen molar-refractivity contribution in [2.24, 2.45) is 7.05 Å². The van der Waals surface area contributed by atoms with E-state index in [1.54, 1.807) is 20.2 Å². The Balaban J connectivity index is 2.27. The number of likely N-dealkylation sites (N-methyl/N-ethyl adjacent to an activating group) is 1.